The first-order chi connectivity index (χ1) is 12.4. The maximum Gasteiger partial charge on any atom is 0.419 e. The number of benzene rings is 2. The molecule has 0 fully saturated rings. The second kappa shape index (κ2) is 7.07. The van der Waals surface area contributed by atoms with Crippen molar-refractivity contribution in [3.8, 4) is 5.75 Å². The lowest BCUT2D eigenvalue weighted by Gasteiger charge is -2.17. The topological polar surface area (TPSA) is 67.0 Å². The number of nitrogens with one attached hydrogen (secondary N) is 2. The molecule has 3 aromatic rings. The Labute approximate surface area is 147 Å². The predicted molar refractivity (Wildman–Crippen MR) is 90.0 cm³/mol. The number of ether oxygens (including phenoxy) is 1. The highest BCUT2D eigenvalue weighted by molar-refractivity contribution is 6.04. The van der Waals surface area contributed by atoms with Gasteiger partial charge in [-0.3, -0.25) is 9.89 Å². The van der Waals surface area contributed by atoms with Gasteiger partial charge in [-0.05, 0) is 25.1 Å². The van der Waals surface area contributed by atoms with Gasteiger partial charge in [0.05, 0.1) is 17.1 Å². The Bertz CT molecular complexity index is 921. The summed E-state index contributed by atoms with van der Waals surface area (Å²) in [6.07, 6.45) is -4.50. The molecule has 3 rings (SSSR count). The van der Waals surface area contributed by atoms with Gasteiger partial charge in [0.2, 0.25) is 0 Å². The number of alkyl halides is 3. The summed E-state index contributed by atoms with van der Waals surface area (Å²) < 4.78 is 44.1. The van der Waals surface area contributed by atoms with Crippen LogP contribution in [-0.4, -0.2) is 28.8 Å². The van der Waals surface area contributed by atoms with Crippen LogP contribution in [-0.2, 0) is 6.18 Å². The third-order valence-electron chi connectivity index (χ3n) is 3.74. The van der Waals surface area contributed by atoms with Crippen molar-refractivity contribution >= 4 is 16.8 Å². The van der Waals surface area contributed by atoms with Crippen LogP contribution in [0.1, 0.15) is 23.0 Å². The summed E-state index contributed by atoms with van der Waals surface area (Å²) in [6.45, 7) is 1.53. The van der Waals surface area contributed by atoms with Crippen molar-refractivity contribution in [2.45, 2.75) is 19.1 Å². The van der Waals surface area contributed by atoms with E-state index in [1.165, 1.54) is 18.2 Å². The normalized spacial score (nSPS) is 12.8. The van der Waals surface area contributed by atoms with Crippen molar-refractivity contribution in [2.75, 3.05) is 6.61 Å². The molecule has 0 aliphatic rings. The first-order valence-electron chi connectivity index (χ1n) is 7.89. The first-order valence-corrected chi connectivity index (χ1v) is 7.89. The van der Waals surface area contributed by atoms with Gasteiger partial charge in [-0.1, -0.05) is 30.3 Å². The van der Waals surface area contributed by atoms with Gasteiger partial charge in [-0.2, -0.15) is 18.3 Å². The highest BCUT2D eigenvalue weighted by atomic mass is 19.4. The van der Waals surface area contributed by atoms with Crippen molar-refractivity contribution in [3.63, 3.8) is 0 Å². The Balaban J connectivity index is 1.65. The third-order valence-corrected chi connectivity index (χ3v) is 3.74. The summed E-state index contributed by atoms with van der Waals surface area (Å²) in [6, 6.07) is 11.6. The molecule has 0 spiro atoms. The zero-order valence-corrected chi connectivity index (χ0v) is 13.8. The van der Waals surface area contributed by atoms with Gasteiger partial charge in [0.1, 0.15) is 12.4 Å². The SMILES string of the molecule is CC(COc1ccccc1C(F)(F)F)NC(=O)c1n[nH]c2ccccc12. The lowest BCUT2D eigenvalue weighted by Crippen LogP contribution is -2.37. The molecule has 0 aliphatic carbocycles. The van der Waals surface area contributed by atoms with Gasteiger partial charge >= 0.3 is 6.18 Å². The molecule has 5 nitrogen and oxygen atoms in total. The minimum absolute atomic E-state index is 0.110. The van der Waals surface area contributed by atoms with Crippen LogP contribution in [0, 0.1) is 0 Å². The largest absolute Gasteiger partial charge is 0.491 e. The number of carbonyl (C=O) groups is 1. The molecule has 2 N–H and O–H groups in total. The molecule has 1 heterocycles. The molecule has 0 saturated carbocycles. The second-order valence-electron chi connectivity index (χ2n) is 5.80. The Morgan fingerprint density at radius 2 is 1.88 bits per heavy atom. The van der Waals surface area contributed by atoms with E-state index in [4.69, 9.17) is 4.74 Å². The second-order valence-corrected chi connectivity index (χ2v) is 5.80. The monoisotopic (exact) mass is 363 g/mol. The van der Waals surface area contributed by atoms with Crippen LogP contribution in [0.3, 0.4) is 0 Å². The minimum Gasteiger partial charge on any atom is -0.491 e. The highest BCUT2D eigenvalue weighted by Crippen LogP contribution is 2.35. The van der Waals surface area contributed by atoms with Gasteiger partial charge in [-0.25, -0.2) is 0 Å². The molecule has 0 saturated heterocycles. The number of carbonyl (C=O) groups excluding carboxylic acids is 1. The van der Waals surface area contributed by atoms with Crippen LogP contribution in [0.4, 0.5) is 13.2 Å². The molecule has 2 aromatic carbocycles. The predicted octanol–water partition coefficient (Wildman–Crippen LogP) is 3.78. The summed E-state index contributed by atoms with van der Waals surface area (Å²) >= 11 is 0. The Morgan fingerprint density at radius 3 is 2.65 bits per heavy atom. The summed E-state index contributed by atoms with van der Waals surface area (Å²) in [5.74, 6) is -0.700. The van der Waals surface area contributed by atoms with Crippen LogP contribution in [0.25, 0.3) is 10.9 Å². The number of hydrogen-bond donors (Lipinski definition) is 2. The van der Waals surface area contributed by atoms with Gasteiger partial charge in [-0.15, -0.1) is 0 Å². The van der Waals surface area contributed by atoms with Crippen LogP contribution in [0.15, 0.2) is 48.5 Å². The smallest absolute Gasteiger partial charge is 0.419 e. The molecular weight excluding hydrogens is 347 g/mol. The van der Waals surface area contributed by atoms with Gasteiger partial charge < -0.3 is 10.1 Å². The zero-order valence-electron chi connectivity index (χ0n) is 13.8. The number of H-pyrrole nitrogens is 1. The third kappa shape index (κ3) is 3.79. The van der Waals surface area contributed by atoms with Crippen molar-refractivity contribution in [3.05, 3.63) is 59.8 Å². The molecule has 1 unspecified atom stereocenters. The van der Waals surface area contributed by atoms with Crippen molar-refractivity contribution in [1.82, 2.24) is 15.5 Å². The van der Waals surface area contributed by atoms with Gasteiger partial charge in [0.25, 0.3) is 5.91 Å². The van der Waals surface area contributed by atoms with Crippen LogP contribution >= 0.6 is 0 Å². The summed E-state index contributed by atoms with van der Waals surface area (Å²) in [4.78, 5) is 12.3. The number of rotatable bonds is 5. The zero-order chi connectivity index (χ0) is 18.7. The van der Waals surface area contributed by atoms with E-state index in [2.05, 4.69) is 15.5 Å². The van der Waals surface area contributed by atoms with Crippen LogP contribution in [0.2, 0.25) is 0 Å². The van der Waals surface area contributed by atoms with E-state index in [1.54, 1.807) is 25.1 Å². The maximum absolute atomic E-state index is 13.0. The summed E-state index contributed by atoms with van der Waals surface area (Å²) in [5, 5.41) is 10.1. The van der Waals surface area contributed by atoms with E-state index in [9.17, 15) is 18.0 Å². The summed E-state index contributed by atoms with van der Waals surface area (Å²) in [5.41, 5.74) is 0.0978. The fourth-order valence-electron chi connectivity index (χ4n) is 2.51. The van der Waals surface area contributed by atoms with E-state index in [0.29, 0.717) is 5.39 Å². The van der Waals surface area contributed by atoms with Gasteiger partial charge in [0, 0.05) is 5.39 Å². The maximum atomic E-state index is 13.0. The van der Waals surface area contributed by atoms with Gasteiger partial charge in [0.15, 0.2) is 5.69 Å². The average molecular weight is 363 g/mol. The van der Waals surface area contributed by atoms with Crippen molar-refractivity contribution in [2.24, 2.45) is 0 Å². The Hall–Kier alpha value is -3.03. The standard InChI is InChI=1S/C18H16F3N3O2/c1-11(10-26-15-9-5-3-7-13(15)18(19,20)21)22-17(25)16-12-6-2-4-8-14(12)23-24-16/h2-9,11H,10H2,1H3,(H,22,25)(H,23,24). The molecular formula is C18H16F3N3O2. The van der Waals surface area contributed by atoms with E-state index < -0.39 is 23.7 Å². The number of halogens is 3. The first kappa shape index (κ1) is 17.8. The van der Waals surface area contributed by atoms with Crippen molar-refractivity contribution in [1.29, 1.82) is 0 Å². The van der Waals surface area contributed by atoms with Crippen molar-refractivity contribution < 1.29 is 22.7 Å². The van der Waals surface area contributed by atoms with Crippen LogP contribution < -0.4 is 10.1 Å². The fourth-order valence-corrected chi connectivity index (χ4v) is 2.51. The number of amides is 1. The van der Waals surface area contributed by atoms with E-state index in [-0.39, 0.29) is 18.1 Å². The van der Waals surface area contributed by atoms with E-state index >= 15 is 0 Å². The molecule has 0 radical (unpaired) electrons. The minimum atomic E-state index is -4.50. The molecule has 0 bridgehead atoms. The quantitative estimate of drug-likeness (QED) is 0.725. The number of para-hydroxylation sites is 2. The fraction of sp³-hybridized carbons (Fsp3) is 0.222. The number of hydrogen-bond acceptors (Lipinski definition) is 3. The Morgan fingerprint density at radius 1 is 1.19 bits per heavy atom. The molecule has 1 amide bonds. The van der Waals surface area contributed by atoms with Crippen LogP contribution in [0.5, 0.6) is 5.75 Å². The molecule has 26 heavy (non-hydrogen) atoms. The molecule has 0 aliphatic heterocycles. The molecule has 8 heteroatoms. The number of aromatic nitrogens is 2. The van der Waals surface area contributed by atoms with E-state index in [0.717, 1.165) is 11.6 Å². The number of nitrogens with zero attached hydrogens (tertiary/aromatic N) is 1. The molecule has 136 valence electrons. The summed E-state index contributed by atoms with van der Waals surface area (Å²) in [7, 11) is 0. The number of aromatic amines is 1. The number of fused-ring (bicyclic) bond motifs is 1. The van der Waals surface area contributed by atoms with E-state index in [1.807, 2.05) is 6.07 Å². The molecule has 1 aromatic heterocycles. The lowest BCUT2D eigenvalue weighted by atomic mass is 10.2. The molecule has 1 atom stereocenters. The Kier molecular flexibility index (Phi) is 4.83. The lowest BCUT2D eigenvalue weighted by molar-refractivity contribution is -0.139. The average Bonchev–Trinajstić information content (AvgIpc) is 3.03. The highest BCUT2D eigenvalue weighted by Gasteiger charge is 2.34.